The molecule has 3 heterocycles. The molecule has 24 heavy (non-hydrogen) atoms. The molecule has 2 aliphatic rings. The van der Waals surface area contributed by atoms with Crippen molar-refractivity contribution in [2.75, 3.05) is 19.7 Å². The van der Waals surface area contributed by atoms with Gasteiger partial charge in [0, 0.05) is 19.7 Å². The van der Waals surface area contributed by atoms with Gasteiger partial charge in [-0.05, 0) is 31.4 Å². The molecule has 7 heteroatoms. The summed E-state index contributed by atoms with van der Waals surface area (Å²) >= 11 is 0. The lowest BCUT2D eigenvalue weighted by Crippen LogP contribution is -2.48. The first-order valence-corrected chi connectivity index (χ1v) is 8.35. The average Bonchev–Trinajstić information content (AvgIpc) is 3.02. The number of likely N-dealkylation sites (tertiary alicyclic amines) is 1. The Morgan fingerprint density at radius 1 is 1.42 bits per heavy atom. The molecule has 1 aromatic heterocycles. The average molecular weight is 333 g/mol. The zero-order valence-electron chi connectivity index (χ0n) is 13.8. The van der Waals surface area contributed by atoms with Crippen molar-refractivity contribution in [2.45, 2.75) is 44.4 Å². The van der Waals surface area contributed by atoms with Gasteiger partial charge >= 0.3 is 0 Å². The van der Waals surface area contributed by atoms with Crippen LogP contribution in [0.25, 0.3) is 0 Å². The van der Waals surface area contributed by atoms with Crippen molar-refractivity contribution in [3.63, 3.8) is 0 Å². The predicted molar refractivity (Wildman–Crippen MR) is 86.4 cm³/mol. The second-order valence-corrected chi connectivity index (χ2v) is 6.23. The number of carbonyl (C=O) groups excluding carboxylic acids is 2. The van der Waals surface area contributed by atoms with Crippen molar-refractivity contribution in [1.29, 1.82) is 0 Å². The van der Waals surface area contributed by atoms with E-state index in [1.54, 1.807) is 12.4 Å². The third kappa shape index (κ3) is 4.03. The summed E-state index contributed by atoms with van der Waals surface area (Å²) in [5.41, 5.74) is 0. The van der Waals surface area contributed by atoms with Crippen LogP contribution in [0.2, 0.25) is 0 Å². The van der Waals surface area contributed by atoms with E-state index in [1.807, 2.05) is 17.0 Å². The fourth-order valence-corrected chi connectivity index (χ4v) is 3.35. The molecule has 2 unspecified atom stereocenters. The van der Waals surface area contributed by atoms with Crippen LogP contribution in [0, 0.1) is 0 Å². The van der Waals surface area contributed by atoms with Crippen molar-refractivity contribution < 1.29 is 19.1 Å². The molecule has 0 saturated carbocycles. The number of ether oxygens (including phenoxy) is 2. The molecule has 1 aromatic rings. The molecule has 2 amide bonds. The largest absolute Gasteiger partial charge is 0.489 e. The summed E-state index contributed by atoms with van der Waals surface area (Å²) in [6.45, 7) is 2.65. The van der Waals surface area contributed by atoms with Crippen molar-refractivity contribution >= 4 is 11.8 Å². The van der Waals surface area contributed by atoms with Gasteiger partial charge in [0.15, 0.2) is 0 Å². The Morgan fingerprint density at radius 2 is 2.29 bits per heavy atom. The Balaban J connectivity index is 1.47. The number of hydrogen-bond donors (Lipinski definition) is 1. The van der Waals surface area contributed by atoms with Gasteiger partial charge in [-0.15, -0.1) is 0 Å². The number of fused-ring (bicyclic) bond motifs is 1. The van der Waals surface area contributed by atoms with E-state index < -0.39 is 0 Å². The fourth-order valence-electron chi connectivity index (χ4n) is 3.35. The van der Waals surface area contributed by atoms with Crippen LogP contribution in [-0.4, -0.2) is 59.6 Å². The Hall–Kier alpha value is -2.15. The summed E-state index contributed by atoms with van der Waals surface area (Å²) in [4.78, 5) is 29.0. The number of hydrogen-bond acceptors (Lipinski definition) is 5. The molecule has 2 saturated heterocycles. The normalized spacial score (nSPS) is 25.9. The Labute approximate surface area is 141 Å². The Bertz CT molecular complexity index is 580. The van der Waals surface area contributed by atoms with Crippen molar-refractivity contribution in [2.24, 2.45) is 0 Å². The van der Waals surface area contributed by atoms with E-state index in [9.17, 15) is 9.59 Å². The molecular weight excluding hydrogens is 310 g/mol. The van der Waals surface area contributed by atoms with Crippen LogP contribution in [0.4, 0.5) is 0 Å². The Morgan fingerprint density at radius 3 is 3.04 bits per heavy atom. The number of nitrogens with one attached hydrogen (secondary N) is 1. The Kier molecular flexibility index (Phi) is 5.30. The number of amides is 2. The quantitative estimate of drug-likeness (QED) is 0.860. The molecule has 3 atom stereocenters. The van der Waals surface area contributed by atoms with E-state index in [4.69, 9.17) is 9.47 Å². The van der Waals surface area contributed by atoms with Gasteiger partial charge < -0.3 is 19.7 Å². The lowest BCUT2D eigenvalue weighted by atomic mass is 9.99. The third-order valence-electron chi connectivity index (χ3n) is 4.51. The van der Waals surface area contributed by atoms with Crippen LogP contribution in [0.1, 0.15) is 26.2 Å². The minimum atomic E-state index is -0.188. The van der Waals surface area contributed by atoms with Gasteiger partial charge in [-0.25, -0.2) is 0 Å². The van der Waals surface area contributed by atoms with Crippen molar-refractivity contribution in [1.82, 2.24) is 15.2 Å². The van der Waals surface area contributed by atoms with Gasteiger partial charge in [0.25, 0.3) is 0 Å². The molecule has 0 aromatic carbocycles. The number of pyridine rings is 1. The molecule has 2 aliphatic heterocycles. The van der Waals surface area contributed by atoms with Crippen LogP contribution in [-0.2, 0) is 14.3 Å². The van der Waals surface area contributed by atoms with Crippen LogP contribution in [0.3, 0.4) is 0 Å². The number of aromatic nitrogens is 1. The zero-order valence-corrected chi connectivity index (χ0v) is 13.8. The highest BCUT2D eigenvalue weighted by Crippen LogP contribution is 2.31. The van der Waals surface area contributed by atoms with E-state index in [0.29, 0.717) is 13.2 Å². The van der Waals surface area contributed by atoms with E-state index in [2.05, 4.69) is 10.3 Å². The lowest BCUT2D eigenvalue weighted by Gasteiger charge is -2.35. The van der Waals surface area contributed by atoms with Gasteiger partial charge in [-0.2, -0.15) is 0 Å². The van der Waals surface area contributed by atoms with Crippen molar-refractivity contribution in [3.8, 4) is 5.75 Å². The first kappa shape index (κ1) is 16.7. The van der Waals surface area contributed by atoms with Gasteiger partial charge in [0.05, 0.1) is 31.0 Å². The topological polar surface area (TPSA) is 80.8 Å². The SMILES string of the molecule is CC(=O)NCC(=O)N1CCC2O[C@@H](COc3cccnc3)CCC21. The summed E-state index contributed by atoms with van der Waals surface area (Å²) in [6.07, 6.45) is 6.07. The van der Waals surface area contributed by atoms with Gasteiger partial charge in [0.2, 0.25) is 11.8 Å². The number of nitrogens with zero attached hydrogens (tertiary/aromatic N) is 2. The summed E-state index contributed by atoms with van der Waals surface area (Å²) in [6, 6.07) is 3.82. The van der Waals surface area contributed by atoms with Gasteiger partial charge in [0.1, 0.15) is 12.4 Å². The highest BCUT2D eigenvalue weighted by Gasteiger charge is 2.41. The van der Waals surface area contributed by atoms with E-state index in [0.717, 1.165) is 25.0 Å². The van der Waals surface area contributed by atoms with Crippen LogP contribution in [0.5, 0.6) is 5.75 Å². The molecule has 7 nitrogen and oxygen atoms in total. The smallest absolute Gasteiger partial charge is 0.242 e. The van der Waals surface area contributed by atoms with E-state index >= 15 is 0 Å². The molecule has 1 N–H and O–H groups in total. The van der Waals surface area contributed by atoms with E-state index in [-0.39, 0.29) is 36.6 Å². The molecule has 0 aliphatic carbocycles. The monoisotopic (exact) mass is 333 g/mol. The van der Waals surface area contributed by atoms with Crippen molar-refractivity contribution in [3.05, 3.63) is 24.5 Å². The maximum absolute atomic E-state index is 12.2. The third-order valence-corrected chi connectivity index (χ3v) is 4.51. The first-order chi connectivity index (χ1) is 11.6. The molecular formula is C17H23N3O4. The summed E-state index contributed by atoms with van der Waals surface area (Å²) in [5, 5.41) is 2.57. The minimum Gasteiger partial charge on any atom is -0.489 e. The molecule has 3 rings (SSSR count). The molecule has 2 fully saturated rings. The molecule has 0 spiro atoms. The maximum Gasteiger partial charge on any atom is 0.242 e. The molecule has 0 bridgehead atoms. The standard InChI is InChI=1S/C17H23N3O4/c1-12(21)19-10-17(22)20-8-6-16-15(20)5-4-14(24-16)11-23-13-3-2-7-18-9-13/h2-3,7,9,14-16H,4-6,8,10-11H2,1H3,(H,19,21)/t14-,15?,16?/m1/s1. The van der Waals surface area contributed by atoms with E-state index in [1.165, 1.54) is 6.92 Å². The first-order valence-electron chi connectivity index (χ1n) is 8.35. The number of rotatable bonds is 5. The van der Waals surface area contributed by atoms with Crippen LogP contribution in [0.15, 0.2) is 24.5 Å². The highest BCUT2D eigenvalue weighted by atomic mass is 16.5. The molecule has 0 radical (unpaired) electrons. The second kappa shape index (κ2) is 7.61. The van der Waals surface area contributed by atoms with Gasteiger partial charge in [-0.1, -0.05) is 0 Å². The molecule has 130 valence electrons. The number of carbonyl (C=O) groups is 2. The second-order valence-electron chi connectivity index (χ2n) is 6.23. The maximum atomic E-state index is 12.2. The minimum absolute atomic E-state index is 0.0358. The highest BCUT2D eigenvalue weighted by molar-refractivity contribution is 5.84. The summed E-state index contributed by atoms with van der Waals surface area (Å²) in [5.74, 6) is 0.514. The zero-order chi connectivity index (χ0) is 16.9. The fraction of sp³-hybridized carbons (Fsp3) is 0.588. The summed E-state index contributed by atoms with van der Waals surface area (Å²) in [7, 11) is 0. The van der Waals surface area contributed by atoms with Crippen LogP contribution >= 0.6 is 0 Å². The van der Waals surface area contributed by atoms with Crippen LogP contribution < -0.4 is 10.1 Å². The summed E-state index contributed by atoms with van der Waals surface area (Å²) < 4.78 is 11.8. The predicted octanol–water partition coefficient (Wildman–Crippen LogP) is 0.745. The van der Waals surface area contributed by atoms with Gasteiger partial charge in [-0.3, -0.25) is 14.6 Å². The lowest BCUT2D eigenvalue weighted by molar-refractivity contribution is -0.138.